The standard InChI is InChI=1S/C18H23NOS/c20-18(15-5-2-1-3-6-15)16-8-11-19(12-9-16)13-10-17-7-4-14-21-17/h1-7,14,16,18,20H,8-13H2. The smallest absolute Gasteiger partial charge is 0.0819 e. The van der Waals surface area contributed by atoms with E-state index in [9.17, 15) is 5.11 Å². The fourth-order valence-corrected chi connectivity index (χ4v) is 3.84. The van der Waals surface area contributed by atoms with E-state index in [1.54, 1.807) is 0 Å². The molecule has 1 unspecified atom stereocenters. The molecule has 0 spiro atoms. The van der Waals surface area contributed by atoms with Gasteiger partial charge in [-0.3, -0.25) is 0 Å². The zero-order chi connectivity index (χ0) is 14.5. The van der Waals surface area contributed by atoms with E-state index in [2.05, 4.69) is 22.4 Å². The van der Waals surface area contributed by atoms with Gasteiger partial charge in [0.05, 0.1) is 6.10 Å². The minimum absolute atomic E-state index is 0.300. The van der Waals surface area contributed by atoms with Gasteiger partial charge < -0.3 is 10.0 Å². The van der Waals surface area contributed by atoms with Gasteiger partial charge in [0.2, 0.25) is 0 Å². The van der Waals surface area contributed by atoms with Crippen LogP contribution in [0.15, 0.2) is 47.8 Å². The normalized spacial score (nSPS) is 18.7. The lowest BCUT2D eigenvalue weighted by Crippen LogP contribution is -2.36. The largest absolute Gasteiger partial charge is 0.388 e. The molecule has 1 aliphatic rings. The molecule has 2 nitrogen and oxygen atoms in total. The Morgan fingerprint density at radius 1 is 1.10 bits per heavy atom. The van der Waals surface area contributed by atoms with E-state index in [1.807, 2.05) is 41.7 Å². The molecule has 0 bridgehead atoms. The first-order valence-electron chi connectivity index (χ1n) is 7.80. The molecule has 1 atom stereocenters. The summed E-state index contributed by atoms with van der Waals surface area (Å²) in [7, 11) is 0. The van der Waals surface area contributed by atoms with Crippen LogP contribution in [0.1, 0.15) is 29.4 Å². The highest BCUT2D eigenvalue weighted by Crippen LogP contribution is 2.30. The highest BCUT2D eigenvalue weighted by atomic mass is 32.1. The van der Waals surface area contributed by atoms with Crippen LogP contribution in [-0.4, -0.2) is 29.6 Å². The second-order valence-corrected chi connectivity index (χ2v) is 6.90. The van der Waals surface area contributed by atoms with E-state index in [0.717, 1.165) is 44.5 Å². The van der Waals surface area contributed by atoms with Gasteiger partial charge in [-0.2, -0.15) is 0 Å². The monoisotopic (exact) mass is 301 g/mol. The van der Waals surface area contributed by atoms with Crippen LogP contribution in [0.5, 0.6) is 0 Å². The average Bonchev–Trinajstić information content (AvgIpc) is 3.07. The van der Waals surface area contributed by atoms with E-state index < -0.39 is 0 Å². The minimum Gasteiger partial charge on any atom is -0.388 e. The van der Waals surface area contributed by atoms with Gasteiger partial charge in [-0.05, 0) is 55.3 Å². The molecule has 3 heteroatoms. The number of nitrogens with zero attached hydrogens (tertiary/aromatic N) is 1. The molecule has 0 saturated carbocycles. The Morgan fingerprint density at radius 2 is 1.86 bits per heavy atom. The van der Waals surface area contributed by atoms with Crippen molar-refractivity contribution in [3.63, 3.8) is 0 Å². The van der Waals surface area contributed by atoms with Crippen LogP contribution in [0.4, 0.5) is 0 Å². The molecule has 112 valence electrons. The first-order valence-corrected chi connectivity index (χ1v) is 8.68. The molecule has 1 N–H and O–H groups in total. The van der Waals surface area contributed by atoms with E-state index >= 15 is 0 Å². The average molecular weight is 301 g/mol. The number of aliphatic hydroxyl groups excluding tert-OH is 1. The van der Waals surface area contributed by atoms with Crippen molar-refractivity contribution in [2.45, 2.75) is 25.4 Å². The predicted octanol–water partition coefficient (Wildman–Crippen LogP) is 3.74. The summed E-state index contributed by atoms with van der Waals surface area (Å²) >= 11 is 1.85. The number of aliphatic hydroxyl groups is 1. The number of likely N-dealkylation sites (tertiary alicyclic amines) is 1. The molecule has 0 amide bonds. The van der Waals surface area contributed by atoms with Gasteiger partial charge in [-0.1, -0.05) is 36.4 Å². The van der Waals surface area contributed by atoms with E-state index in [-0.39, 0.29) is 6.10 Å². The number of hydrogen-bond donors (Lipinski definition) is 1. The molecule has 21 heavy (non-hydrogen) atoms. The number of hydrogen-bond acceptors (Lipinski definition) is 3. The number of benzene rings is 1. The van der Waals surface area contributed by atoms with Crippen molar-refractivity contribution in [3.8, 4) is 0 Å². The Labute approximate surface area is 131 Å². The molecule has 1 fully saturated rings. The first kappa shape index (κ1) is 14.8. The van der Waals surface area contributed by atoms with Crippen LogP contribution in [0.2, 0.25) is 0 Å². The summed E-state index contributed by atoms with van der Waals surface area (Å²) in [5, 5.41) is 12.6. The second-order valence-electron chi connectivity index (χ2n) is 5.86. The van der Waals surface area contributed by atoms with Gasteiger partial charge in [0.15, 0.2) is 0 Å². The molecule has 1 saturated heterocycles. The third-order valence-corrected chi connectivity index (χ3v) is 5.41. The van der Waals surface area contributed by atoms with Crippen molar-refractivity contribution in [1.29, 1.82) is 0 Å². The molecule has 2 aromatic rings. The lowest BCUT2D eigenvalue weighted by Gasteiger charge is -2.34. The van der Waals surface area contributed by atoms with Crippen LogP contribution >= 0.6 is 11.3 Å². The quantitative estimate of drug-likeness (QED) is 0.909. The van der Waals surface area contributed by atoms with Gasteiger partial charge in [0.25, 0.3) is 0 Å². The van der Waals surface area contributed by atoms with Gasteiger partial charge in [-0.25, -0.2) is 0 Å². The molecule has 3 rings (SSSR count). The van der Waals surface area contributed by atoms with Crippen LogP contribution in [0.3, 0.4) is 0 Å². The topological polar surface area (TPSA) is 23.5 Å². The van der Waals surface area contributed by atoms with Gasteiger partial charge in [0, 0.05) is 11.4 Å². The maximum absolute atomic E-state index is 10.5. The van der Waals surface area contributed by atoms with Crippen LogP contribution in [-0.2, 0) is 6.42 Å². The summed E-state index contributed by atoms with van der Waals surface area (Å²) in [6, 6.07) is 14.4. The predicted molar refractivity (Wildman–Crippen MR) is 88.6 cm³/mol. The summed E-state index contributed by atoms with van der Waals surface area (Å²) < 4.78 is 0. The summed E-state index contributed by atoms with van der Waals surface area (Å²) in [6.07, 6.45) is 3.05. The van der Waals surface area contributed by atoms with Crippen LogP contribution in [0, 0.1) is 5.92 Å². The number of rotatable bonds is 5. The van der Waals surface area contributed by atoms with Crippen LogP contribution < -0.4 is 0 Å². The molecule has 2 heterocycles. The maximum atomic E-state index is 10.5. The Balaban J connectivity index is 1.46. The lowest BCUT2D eigenvalue weighted by molar-refractivity contribution is 0.0593. The van der Waals surface area contributed by atoms with Crippen molar-refractivity contribution < 1.29 is 5.11 Å². The molecule has 1 aromatic carbocycles. The van der Waals surface area contributed by atoms with Crippen molar-refractivity contribution in [2.75, 3.05) is 19.6 Å². The highest BCUT2D eigenvalue weighted by Gasteiger charge is 2.25. The number of piperidine rings is 1. The molecular formula is C18H23NOS. The SMILES string of the molecule is OC(c1ccccc1)C1CCN(CCc2cccs2)CC1. The van der Waals surface area contributed by atoms with Crippen LogP contribution in [0.25, 0.3) is 0 Å². The fraction of sp³-hybridized carbons (Fsp3) is 0.444. The molecule has 0 aliphatic carbocycles. The third kappa shape index (κ3) is 3.94. The van der Waals surface area contributed by atoms with Crippen molar-refractivity contribution in [3.05, 3.63) is 58.3 Å². The van der Waals surface area contributed by atoms with Gasteiger partial charge in [-0.15, -0.1) is 11.3 Å². The summed E-state index contributed by atoms with van der Waals surface area (Å²) in [4.78, 5) is 4.01. The third-order valence-electron chi connectivity index (χ3n) is 4.47. The zero-order valence-electron chi connectivity index (χ0n) is 12.3. The Kier molecular flexibility index (Phi) is 5.07. The zero-order valence-corrected chi connectivity index (χ0v) is 13.1. The highest BCUT2D eigenvalue weighted by molar-refractivity contribution is 7.09. The van der Waals surface area contributed by atoms with Gasteiger partial charge >= 0.3 is 0 Å². The molecule has 1 aliphatic heterocycles. The molecular weight excluding hydrogens is 278 g/mol. The maximum Gasteiger partial charge on any atom is 0.0819 e. The summed E-state index contributed by atoms with van der Waals surface area (Å²) in [5.41, 5.74) is 1.06. The van der Waals surface area contributed by atoms with E-state index in [1.165, 1.54) is 4.88 Å². The van der Waals surface area contributed by atoms with E-state index in [4.69, 9.17) is 0 Å². The van der Waals surface area contributed by atoms with Crippen molar-refractivity contribution in [2.24, 2.45) is 5.92 Å². The lowest BCUT2D eigenvalue weighted by atomic mass is 9.87. The fourth-order valence-electron chi connectivity index (χ4n) is 3.14. The minimum atomic E-state index is -0.300. The van der Waals surface area contributed by atoms with Crippen molar-refractivity contribution in [1.82, 2.24) is 4.90 Å². The van der Waals surface area contributed by atoms with Crippen molar-refractivity contribution >= 4 is 11.3 Å². The Hall–Kier alpha value is -1.16. The summed E-state index contributed by atoms with van der Waals surface area (Å²) in [5.74, 6) is 0.408. The van der Waals surface area contributed by atoms with Gasteiger partial charge in [0.1, 0.15) is 0 Å². The van der Waals surface area contributed by atoms with E-state index in [0.29, 0.717) is 5.92 Å². The first-order chi connectivity index (χ1) is 10.3. The molecule has 1 aromatic heterocycles. The molecule has 0 radical (unpaired) electrons. The Bertz CT molecular complexity index is 517. The summed E-state index contributed by atoms with van der Waals surface area (Å²) in [6.45, 7) is 3.37. The Morgan fingerprint density at radius 3 is 2.52 bits per heavy atom. The number of thiophene rings is 1. The second kappa shape index (κ2) is 7.21.